The molecule has 6 nitrogen and oxygen atoms in total. The number of benzene rings is 1. The van der Waals surface area contributed by atoms with Gasteiger partial charge in [0, 0.05) is 23.9 Å². The summed E-state index contributed by atoms with van der Waals surface area (Å²) in [5.41, 5.74) is 0.735. The van der Waals surface area contributed by atoms with Crippen LogP contribution in [0.15, 0.2) is 67.0 Å². The predicted molar refractivity (Wildman–Crippen MR) is 94.9 cm³/mol. The molecule has 0 aliphatic heterocycles. The molecule has 0 atom stereocenters. The van der Waals surface area contributed by atoms with Crippen LogP contribution in [0, 0.1) is 0 Å². The first kappa shape index (κ1) is 17.3. The Morgan fingerprint density at radius 1 is 1.04 bits per heavy atom. The Balaban J connectivity index is 1.87. The van der Waals surface area contributed by atoms with Crippen molar-refractivity contribution in [1.82, 2.24) is 9.97 Å². The van der Waals surface area contributed by atoms with Crippen LogP contribution in [0.1, 0.15) is 26.5 Å². The molecule has 0 saturated carbocycles. The van der Waals surface area contributed by atoms with Gasteiger partial charge < -0.3 is 19.7 Å². The molecule has 0 radical (unpaired) electrons. The monoisotopic (exact) mass is 352 g/mol. The molecule has 0 aliphatic rings. The van der Waals surface area contributed by atoms with E-state index in [2.05, 4.69) is 9.97 Å². The second-order valence-electron chi connectivity index (χ2n) is 5.40. The molecule has 0 saturated heterocycles. The number of hydrogen-bond acceptors (Lipinski definition) is 3. The number of carbonyl (C=O) groups is 2. The zero-order valence-corrected chi connectivity index (χ0v) is 13.5. The lowest BCUT2D eigenvalue weighted by Crippen LogP contribution is -2.29. The fourth-order valence-corrected chi connectivity index (χ4v) is 2.33. The van der Waals surface area contributed by atoms with Gasteiger partial charge in [0.05, 0.1) is 17.0 Å². The Hall–Kier alpha value is -3.55. The molecule has 3 N–H and O–H groups in total. The lowest BCUT2D eigenvalue weighted by Gasteiger charge is -2.12. The van der Waals surface area contributed by atoms with Crippen molar-refractivity contribution in [2.75, 3.05) is 0 Å². The van der Waals surface area contributed by atoms with E-state index in [9.17, 15) is 13.9 Å². The van der Waals surface area contributed by atoms with Gasteiger partial charge in [-0.05, 0) is 36.4 Å². The quantitative estimate of drug-likeness (QED) is 0.264. The van der Waals surface area contributed by atoms with Crippen LogP contribution in [0.5, 0.6) is 0 Å². The SMILES string of the molecule is O=C(O)c1cccc(B(F)O/C(=C\C(=O)c2ccc[nH]2)c2ccc[nH]2)c1. The van der Waals surface area contributed by atoms with Gasteiger partial charge in [-0.3, -0.25) is 9.11 Å². The van der Waals surface area contributed by atoms with Gasteiger partial charge in [0.15, 0.2) is 0 Å². The molecule has 2 heterocycles. The number of aromatic carboxylic acids is 1. The summed E-state index contributed by atoms with van der Waals surface area (Å²) in [4.78, 5) is 28.9. The van der Waals surface area contributed by atoms with E-state index in [-0.39, 0.29) is 22.6 Å². The van der Waals surface area contributed by atoms with Gasteiger partial charge in [0.2, 0.25) is 5.78 Å². The summed E-state index contributed by atoms with van der Waals surface area (Å²) in [7, 11) is -1.94. The maximum atomic E-state index is 14.6. The Kier molecular flexibility index (Phi) is 5.03. The predicted octanol–water partition coefficient (Wildman–Crippen LogP) is 2.65. The van der Waals surface area contributed by atoms with Crippen LogP contribution in [0.2, 0.25) is 0 Å². The normalized spacial score (nSPS) is 11.2. The summed E-state index contributed by atoms with van der Waals surface area (Å²) in [5.74, 6) is -1.55. The summed E-state index contributed by atoms with van der Waals surface area (Å²) in [6.07, 6.45) is 4.39. The molecule has 26 heavy (non-hydrogen) atoms. The van der Waals surface area contributed by atoms with Gasteiger partial charge in [-0.25, -0.2) is 4.79 Å². The Morgan fingerprint density at radius 3 is 2.35 bits per heavy atom. The summed E-state index contributed by atoms with van der Waals surface area (Å²) in [6.45, 7) is 0. The van der Waals surface area contributed by atoms with Crippen molar-refractivity contribution >= 4 is 30.2 Å². The lowest BCUT2D eigenvalue weighted by atomic mass is 9.81. The highest BCUT2D eigenvalue weighted by Crippen LogP contribution is 2.17. The third-order valence-electron chi connectivity index (χ3n) is 3.62. The smallest absolute Gasteiger partial charge is 0.528 e. The molecule has 0 bridgehead atoms. The second-order valence-corrected chi connectivity index (χ2v) is 5.40. The number of nitrogens with one attached hydrogen (secondary N) is 2. The van der Waals surface area contributed by atoms with E-state index >= 15 is 0 Å². The highest BCUT2D eigenvalue weighted by atomic mass is 19.1. The van der Waals surface area contributed by atoms with Gasteiger partial charge in [-0.15, -0.1) is 0 Å². The van der Waals surface area contributed by atoms with Crippen LogP contribution in [0.3, 0.4) is 0 Å². The standard InChI is InChI=1S/C18H14BFN2O4/c20-19(13-5-1-4-12(10-13)18(24)25)26-17(15-7-3-9-22-15)11-16(23)14-6-2-8-21-14/h1-11,21-22H,(H,24,25)/b17-11-. The number of aromatic amines is 2. The minimum absolute atomic E-state index is 0.00262. The van der Waals surface area contributed by atoms with Gasteiger partial charge in [-0.1, -0.05) is 12.1 Å². The zero-order valence-electron chi connectivity index (χ0n) is 13.5. The van der Waals surface area contributed by atoms with E-state index in [4.69, 9.17) is 9.76 Å². The van der Waals surface area contributed by atoms with Crippen LogP contribution in [-0.2, 0) is 4.65 Å². The van der Waals surface area contributed by atoms with Crippen LogP contribution in [0.4, 0.5) is 4.32 Å². The lowest BCUT2D eigenvalue weighted by molar-refractivity contribution is 0.0696. The van der Waals surface area contributed by atoms with Crippen molar-refractivity contribution in [3.8, 4) is 0 Å². The number of hydrogen-bond donors (Lipinski definition) is 3. The second kappa shape index (κ2) is 7.56. The number of carboxylic acids is 1. The average molecular weight is 352 g/mol. The summed E-state index contributed by atoms with van der Waals surface area (Å²) < 4.78 is 19.9. The van der Waals surface area contributed by atoms with E-state index in [0.29, 0.717) is 11.4 Å². The topological polar surface area (TPSA) is 95.2 Å². The van der Waals surface area contributed by atoms with Crippen LogP contribution in [0.25, 0.3) is 5.76 Å². The third kappa shape index (κ3) is 3.92. The molecule has 0 spiro atoms. The first-order chi connectivity index (χ1) is 12.5. The number of ketones is 1. The van der Waals surface area contributed by atoms with Crippen molar-refractivity contribution in [2.45, 2.75) is 0 Å². The summed E-state index contributed by atoms with van der Waals surface area (Å²) in [6, 6.07) is 12.0. The minimum atomic E-state index is -1.94. The molecule has 0 aliphatic carbocycles. The van der Waals surface area contributed by atoms with E-state index in [1.54, 1.807) is 36.7 Å². The summed E-state index contributed by atoms with van der Waals surface area (Å²) in [5, 5.41) is 9.02. The number of halogens is 1. The van der Waals surface area contributed by atoms with E-state index in [1.807, 2.05) is 0 Å². The van der Waals surface area contributed by atoms with Crippen LogP contribution in [-0.4, -0.2) is 34.0 Å². The molecule has 130 valence electrons. The fourth-order valence-electron chi connectivity index (χ4n) is 2.33. The summed E-state index contributed by atoms with van der Waals surface area (Å²) >= 11 is 0. The maximum absolute atomic E-state index is 14.6. The minimum Gasteiger partial charge on any atom is -0.528 e. The number of carbonyl (C=O) groups excluding carboxylic acids is 1. The molecule has 1 aromatic carbocycles. The van der Waals surface area contributed by atoms with Gasteiger partial charge >= 0.3 is 13.2 Å². The highest BCUT2D eigenvalue weighted by Gasteiger charge is 2.25. The Morgan fingerprint density at radius 2 is 1.73 bits per heavy atom. The van der Waals surface area contributed by atoms with E-state index in [1.165, 1.54) is 30.3 Å². The largest absolute Gasteiger partial charge is 0.601 e. The molecule has 0 fully saturated rings. The highest BCUT2D eigenvalue weighted by molar-refractivity contribution is 6.61. The first-order valence-corrected chi connectivity index (χ1v) is 7.72. The van der Waals surface area contributed by atoms with Crippen LogP contribution < -0.4 is 5.46 Å². The van der Waals surface area contributed by atoms with Crippen LogP contribution >= 0.6 is 0 Å². The van der Waals surface area contributed by atoms with Crippen molar-refractivity contribution in [1.29, 1.82) is 0 Å². The number of H-pyrrole nitrogens is 2. The first-order valence-electron chi connectivity index (χ1n) is 7.72. The molecular weight excluding hydrogens is 338 g/mol. The third-order valence-corrected chi connectivity index (χ3v) is 3.62. The molecule has 3 rings (SSSR count). The Bertz CT molecular complexity index is 936. The molecule has 0 amide bonds. The van der Waals surface area contributed by atoms with Crippen molar-refractivity contribution in [3.05, 3.63) is 84.0 Å². The van der Waals surface area contributed by atoms with E-state index < -0.39 is 13.2 Å². The molecule has 0 unspecified atom stereocenters. The maximum Gasteiger partial charge on any atom is 0.601 e. The molecule has 2 aromatic heterocycles. The molecule has 8 heteroatoms. The fraction of sp³-hybridized carbons (Fsp3) is 0. The van der Waals surface area contributed by atoms with Crippen molar-refractivity contribution in [2.24, 2.45) is 0 Å². The Labute approximate surface area is 148 Å². The van der Waals surface area contributed by atoms with Gasteiger partial charge in [-0.2, -0.15) is 0 Å². The van der Waals surface area contributed by atoms with E-state index in [0.717, 1.165) is 0 Å². The number of carboxylic acid groups (broad SMARTS) is 1. The zero-order chi connectivity index (χ0) is 18.5. The molecular formula is C18H14BFN2O4. The van der Waals surface area contributed by atoms with Crippen molar-refractivity contribution < 1.29 is 23.7 Å². The number of rotatable bonds is 7. The van der Waals surface area contributed by atoms with Crippen molar-refractivity contribution in [3.63, 3.8) is 0 Å². The molecule has 3 aromatic rings. The van der Waals surface area contributed by atoms with Gasteiger partial charge in [0.25, 0.3) is 0 Å². The number of allylic oxidation sites excluding steroid dienone is 1. The van der Waals surface area contributed by atoms with Gasteiger partial charge in [0.1, 0.15) is 5.76 Å². The number of aromatic nitrogens is 2. The average Bonchev–Trinajstić information content (AvgIpc) is 3.34.